The molecule has 4 rings (SSSR count). The van der Waals surface area contributed by atoms with Gasteiger partial charge in [0.05, 0.1) is 16.4 Å². The smallest absolute Gasteiger partial charge is 0.343 e. The second-order valence-electron chi connectivity index (χ2n) is 7.49. The van der Waals surface area contributed by atoms with Crippen molar-refractivity contribution in [1.82, 2.24) is 0 Å². The lowest BCUT2D eigenvalue weighted by atomic mass is 9.83. The number of fused-ring (bicyclic) bond motifs is 1. The summed E-state index contributed by atoms with van der Waals surface area (Å²) < 4.78 is 16.6. The molecule has 0 aliphatic carbocycles. The van der Waals surface area contributed by atoms with E-state index in [9.17, 15) is 20.2 Å². The molecule has 0 aromatic heterocycles. The first-order valence-electron chi connectivity index (χ1n) is 10.4. The number of allylic oxidation sites excluding steroid dienone is 1. The molecule has 0 fully saturated rings. The average Bonchev–Trinajstić information content (AvgIpc) is 2.87. The number of nitrogens with two attached hydrogens (primary N) is 1. The van der Waals surface area contributed by atoms with E-state index in [4.69, 9.17) is 19.9 Å². The van der Waals surface area contributed by atoms with Crippen molar-refractivity contribution in [2.45, 2.75) is 5.92 Å². The Bertz CT molecular complexity index is 1370. The number of rotatable bonds is 7. The largest absolute Gasteiger partial charge is 0.490 e. The third kappa shape index (κ3) is 4.82. The molecule has 1 aliphatic rings. The zero-order chi connectivity index (χ0) is 24.9. The quantitative estimate of drug-likeness (QED) is 0.174. The fourth-order valence-electron chi connectivity index (χ4n) is 3.64. The Hall–Kier alpha value is -5.10. The predicted molar refractivity (Wildman–Crippen MR) is 126 cm³/mol. The Morgan fingerprint density at radius 2 is 1.83 bits per heavy atom. The predicted octanol–water partition coefficient (Wildman–Crippen LogP) is 4.60. The van der Waals surface area contributed by atoms with Gasteiger partial charge in [-0.1, -0.05) is 30.9 Å². The van der Waals surface area contributed by atoms with Crippen LogP contribution in [0.5, 0.6) is 17.2 Å². The average molecular weight is 469 g/mol. The van der Waals surface area contributed by atoms with Crippen LogP contribution in [0.2, 0.25) is 0 Å². The maximum absolute atomic E-state index is 12.5. The number of hydrogen-bond acceptors (Lipinski definition) is 8. The van der Waals surface area contributed by atoms with Crippen molar-refractivity contribution in [1.29, 1.82) is 5.26 Å². The Kier molecular flexibility index (Phi) is 6.46. The monoisotopic (exact) mass is 469 g/mol. The van der Waals surface area contributed by atoms with E-state index in [2.05, 4.69) is 12.6 Å². The molecule has 0 bridgehead atoms. The third-order valence-electron chi connectivity index (χ3n) is 5.30. The molecule has 9 nitrogen and oxygen atoms in total. The molecule has 0 amide bonds. The lowest BCUT2D eigenvalue weighted by Crippen LogP contribution is -2.21. The van der Waals surface area contributed by atoms with Gasteiger partial charge < -0.3 is 19.9 Å². The van der Waals surface area contributed by atoms with Crippen LogP contribution >= 0.6 is 0 Å². The number of esters is 1. The molecule has 0 radical (unpaired) electrons. The van der Waals surface area contributed by atoms with Crippen LogP contribution in [0.25, 0.3) is 0 Å². The van der Waals surface area contributed by atoms with Gasteiger partial charge in [-0.2, -0.15) is 5.26 Å². The molecule has 0 spiro atoms. The van der Waals surface area contributed by atoms with Crippen LogP contribution in [-0.4, -0.2) is 17.5 Å². The molecule has 1 aliphatic heterocycles. The third-order valence-corrected chi connectivity index (χ3v) is 5.30. The van der Waals surface area contributed by atoms with E-state index in [0.29, 0.717) is 23.7 Å². The number of nitrogens with zero attached hydrogens (tertiary/aromatic N) is 2. The van der Waals surface area contributed by atoms with Gasteiger partial charge in [-0.15, -0.1) is 0 Å². The first-order valence-corrected chi connectivity index (χ1v) is 10.4. The second-order valence-corrected chi connectivity index (χ2v) is 7.49. The first-order chi connectivity index (χ1) is 16.9. The van der Waals surface area contributed by atoms with Gasteiger partial charge in [0, 0.05) is 23.8 Å². The highest BCUT2D eigenvalue weighted by Crippen LogP contribution is 2.43. The van der Waals surface area contributed by atoms with Crippen molar-refractivity contribution in [2.75, 3.05) is 6.61 Å². The van der Waals surface area contributed by atoms with Crippen LogP contribution in [0.3, 0.4) is 0 Å². The van der Waals surface area contributed by atoms with E-state index >= 15 is 0 Å². The summed E-state index contributed by atoms with van der Waals surface area (Å²) in [7, 11) is 0. The topological polar surface area (TPSA) is 138 Å². The number of carbonyl (C=O) groups excluding carboxylic acids is 1. The standard InChI is InChI=1S/C26H19N3O6/c1-2-13-33-19-9-5-16(6-10-19)24-21-12-11-20(14-23(21)35-25(28)22(24)15-27)34-26(30)17-3-7-18(8-4-17)29(31)32/h2-12,14,24H,1,13,28H2. The summed E-state index contributed by atoms with van der Waals surface area (Å²) in [5, 5.41) is 20.5. The summed E-state index contributed by atoms with van der Waals surface area (Å²) in [5.74, 6) is -0.0411. The Balaban J connectivity index is 1.61. The fourth-order valence-corrected chi connectivity index (χ4v) is 3.64. The molecule has 2 N–H and O–H groups in total. The summed E-state index contributed by atoms with van der Waals surface area (Å²) in [6, 6.07) is 19.2. The zero-order valence-corrected chi connectivity index (χ0v) is 18.3. The number of hydrogen-bond donors (Lipinski definition) is 1. The highest BCUT2D eigenvalue weighted by atomic mass is 16.6. The van der Waals surface area contributed by atoms with Gasteiger partial charge in [-0.25, -0.2) is 4.79 Å². The van der Waals surface area contributed by atoms with Gasteiger partial charge in [-0.3, -0.25) is 10.1 Å². The molecular formula is C26H19N3O6. The minimum absolute atomic E-state index is 0.0455. The molecule has 3 aromatic rings. The van der Waals surface area contributed by atoms with Crippen LogP contribution in [0.4, 0.5) is 5.69 Å². The van der Waals surface area contributed by atoms with Crippen molar-refractivity contribution in [2.24, 2.45) is 5.73 Å². The molecule has 35 heavy (non-hydrogen) atoms. The van der Waals surface area contributed by atoms with Crippen molar-refractivity contribution in [3.05, 3.63) is 118 Å². The zero-order valence-electron chi connectivity index (χ0n) is 18.3. The molecule has 174 valence electrons. The maximum atomic E-state index is 12.5. The molecule has 1 unspecified atom stereocenters. The van der Waals surface area contributed by atoms with E-state index in [-0.39, 0.29) is 28.5 Å². The number of nitro benzene ring substituents is 1. The minimum Gasteiger partial charge on any atom is -0.490 e. The van der Waals surface area contributed by atoms with Crippen molar-refractivity contribution >= 4 is 11.7 Å². The molecule has 0 saturated heterocycles. The van der Waals surface area contributed by atoms with Gasteiger partial charge >= 0.3 is 5.97 Å². The van der Waals surface area contributed by atoms with Crippen molar-refractivity contribution < 1.29 is 23.9 Å². The minimum atomic E-state index is -0.691. The summed E-state index contributed by atoms with van der Waals surface area (Å²) in [5.41, 5.74) is 7.79. The van der Waals surface area contributed by atoms with Crippen LogP contribution in [0, 0.1) is 21.4 Å². The molecule has 1 atom stereocenters. The summed E-state index contributed by atoms with van der Waals surface area (Å²) >= 11 is 0. The molecule has 1 heterocycles. The van der Waals surface area contributed by atoms with E-state index in [0.717, 1.165) is 5.56 Å². The number of carbonyl (C=O) groups is 1. The molecular weight excluding hydrogens is 450 g/mol. The fraction of sp³-hybridized carbons (Fsp3) is 0.0769. The SMILES string of the molecule is C=CCOc1ccc(C2C(C#N)=C(N)Oc3cc(OC(=O)c4ccc([N+](=O)[O-])cc4)ccc32)cc1. The number of non-ortho nitro benzene ring substituents is 1. The van der Waals surface area contributed by atoms with Gasteiger partial charge in [0.15, 0.2) is 0 Å². The molecule has 0 saturated carbocycles. The van der Waals surface area contributed by atoms with Crippen molar-refractivity contribution in [3.8, 4) is 23.3 Å². The summed E-state index contributed by atoms with van der Waals surface area (Å²) in [4.78, 5) is 22.7. The Morgan fingerprint density at radius 3 is 2.46 bits per heavy atom. The first kappa shape index (κ1) is 23.1. The highest BCUT2D eigenvalue weighted by Gasteiger charge is 2.31. The van der Waals surface area contributed by atoms with Crippen LogP contribution < -0.4 is 19.9 Å². The van der Waals surface area contributed by atoms with E-state index in [1.807, 2.05) is 12.1 Å². The number of ether oxygens (including phenoxy) is 3. The Labute approximate surface area is 200 Å². The Morgan fingerprint density at radius 1 is 1.14 bits per heavy atom. The number of nitriles is 1. The number of benzene rings is 3. The van der Waals surface area contributed by atoms with Crippen molar-refractivity contribution in [3.63, 3.8) is 0 Å². The van der Waals surface area contributed by atoms with E-state index in [1.54, 1.807) is 30.3 Å². The lowest BCUT2D eigenvalue weighted by Gasteiger charge is -2.26. The van der Waals surface area contributed by atoms with E-state index in [1.165, 1.54) is 30.3 Å². The van der Waals surface area contributed by atoms with Crippen LogP contribution in [0.1, 0.15) is 27.4 Å². The lowest BCUT2D eigenvalue weighted by molar-refractivity contribution is -0.384. The second kappa shape index (κ2) is 9.80. The van der Waals surface area contributed by atoms with E-state index < -0.39 is 16.8 Å². The van der Waals surface area contributed by atoms with Gasteiger partial charge in [0.25, 0.3) is 5.69 Å². The van der Waals surface area contributed by atoms with Gasteiger partial charge in [-0.05, 0) is 35.9 Å². The number of nitro groups is 1. The highest BCUT2D eigenvalue weighted by molar-refractivity contribution is 5.91. The summed E-state index contributed by atoms with van der Waals surface area (Å²) in [6.45, 7) is 3.99. The molecule has 9 heteroatoms. The van der Waals surface area contributed by atoms with Crippen LogP contribution in [-0.2, 0) is 0 Å². The maximum Gasteiger partial charge on any atom is 0.343 e. The van der Waals surface area contributed by atoms with Gasteiger partial charge in [0.1, 0.15) is 35.5 Å². The van der Waals surface area contributed by atoms with Gasteiger partial charge in [0.2, 0.25) is 5.88 Å². The molecule has 3 aromatic carbocycles. The van der Waals surface area contributed by atoms with Crippen LogP contribution in [0.15, 0.2) is 90.8 Å². The normalized spacial score (nSPS) is 14.2. The summed E-state index contributed by atoms with van der Waals surface area (Å²) in [6.07, 6.45) is 1.64.